The minimum Gasteiger partial charge on any atom is -0.343 e. The molecule has 0 bridgehead atoms. The van der Waals surface area contributed by atoms with E-state index in [9.17, 15) is 13.2 Å². The lowest BCUT2D eigenvalue weighted by molar-refractivity contribution is 0.0946. The Morgan fingerprint density at radius 2 is 1.66 bits per heavy atom. The SMILES string of the molecule is Cc1ccc(S(=O)(=O)Cc2ccc(C(=O)NCc3nc(-c4ccncc4)no3)cc2)cc1. The lowest BCUT2D eigenvalue weighted by atomic mass is 10.1. The Labute approximate surface area is 185 Å². The minimum atomic E-state index is -3.46. The van der Waals surface area contributed by atoms with Gasteiger partial charge in [-0.05, 0) is 48.9 Å². The van der Waals surface area contributed by atoms with Gasteiger partial charge in [0.2, 0.25) is 11.7 Å². The lowest BCUT2D eigenvalue weighted by Gasteiger charge is -2.07. The Kier molecular flexibility index (Phi) is 6.09. The van der Waals surface area contributed by atoms with Crippen molar-refractivity contribution in [2.24, 2.45) is 0 Å². The first-order valence-corrected chi connectivity index (χ1v) is 11.5. The molecule has 9 heteroatoms. The average Bonchev–Trinajstić information content (AvgIpc) is 3.28. The molecule has 2 aromatic heterocycles. The van der Waals surface area contributed by atoms with Crippen LogP contribution in [0.3, 0.4) is 0 Å². The smallest absolute Gasteiger partial charge is 0.251 e. The molecule has 162 valence electrons. The van der Waals surface area contributed by atoms with Crippen molar-refractivity contribution in [1.82, 2.24) is 20.4 Å². The molecule has 1 amide bonds. The summed E-state index contributed by atoms with van der Waals surface area (Å²) in [7, 11) is -3.46. The van der Waals surface area contributed by atoms with E-state index in [4.69, 9.17) is 4.52 Å². The third-order valence-electron chi connectivity index (χ3n) is 4.76. The van der Waals surface area contributed by atoms with Gasteiger partial charge in [-0.1, -0.05) is 35.0 Å². The largest absolute Gasteiger partial charge is 0.343 e. The number of rotatable bonds is 7. The third kappa shape index (κ3) is 5.06. The summed E-state index contributed by atoms with van der Waals surface area (Å²) in [6.45, 7) is 1.97. The van der Waals surface area contributed by atoms with Gasteiger partial charge in [-0.2, -0.15) is 4.98 Å². The van der Waals surface area contributed by atoms with E-state index in [2.05, 4.69) is 20.4 Å². The minimum absolute atomic E-state index is 0.0699. The van der Waals surface area contributed by atoms with E-state index in [1.54, 1.807) is 73.1 Å². The summed E-state index contributed by atoms with van der Waals surface area (Å²) in [5.41, 5.74) is 2.75. The maximum atomic E-state index is 12.6. The van der Waals surface area contributed by atoms with Crippen molar-refractivity contribution in [2.45, 2.75) is 24.1 Å². The number of nitrogens with zero attached hydrogens (tertiary/aromatic N) is 3. The van der Waals surface area contributed by atoms with E-state index >= 15 is 0 Å². The van der Waals surface area contributed by atoms with E-state index in [1.807, 2.05) is 6.92 Å². The lowest BCUT2D eigenvalue weighted by Crippen LogP contribution is -2.23. The fourth-order valence-corrected chi connectivity index (χ4v) is 4.35. The van der Waals surface area contributed by atoms with Crippen molar-refractivity contribution >= 4 is 15.7 Å². The van der Waals surface area contributed by atoms with E-state index in [0.29, 0.717) is 17.0 Å². The van der Waals surface area contributed by atoms with Crippen molar-refractivity contribution in [2.75, 3.05) is 0 Å². The van der Waals surface area contributed by atoms with Gasteiger partial charge in [-0.25, -0.2) is 8.42 Å². The van der Waals surface area contributed by atoms with Crippen molar-refractivity contribution < 1.29 is 17.7 Å². The van der Waals surface area contributed by atoms with Gasteiger partial charge in [-0.3, -0.25) is 9.78 Å². The molecular formula is C23H20N4O4S. The molecule has 0 aliphatic heterocycles. The maximum absolute atomic E-state index is 12.6. The second kappa shape index (κ2) is 9.11. The van der Waals surface area contributed by atoms with Gasteiger partial charge in [0, 0.05) is 23.5 Å². The predicted molar refractivity (Wildman–Crippen MR) is 117 cm³/mol. The molecule has 1 N–H and O–H groups in total. The molecule has 0 saturated heterocycles. The fraction of sp³-hybridized carbons (Fsp3) is 0.130. The van der Waals surface area contributed by atoms with Gasteiger partial charge >= 0.3 is 0 Å². The van der Waals surface area contributed by atoms with E-state index < -0.39 is 9.84 Å². The normalized spacial score (nSPS) is 11.3. The number of aryl methyl sites for hydroxylation is 1. The van der Waals surface area contributed by atoms with Crippen LogP contribution in [0.1, 0.15) is 27.4 Å². The maximum Gasteiger partial charge on any atom is 0.251 e. The van der Waals surface area contributed by atoms with Crippen LogP contribution in [0.2, 0.25) is 0 Å². The molecule has 2 heterocycles. The van der Waals surface area contributed by atoms with Crippen LogP contribution in [-0.2, 0) is 22.1 Å². The van der Waals surface area contributed by atoms with Crippen LogP contribution in [0.25, 0.3) is 11.4 Å². The Bertz CT molecular complexity index is 1320. The van der Waals surface area contributed by atoms with Crippen LogP contribution in [-0.4, -0.2) is 29.4 Å². The standard InChI is InChI=1S/C23H20N4O4S/c1-16-2-8-20(9-3-16)32(29,30)15-17-4-6-19(7-5-17)23(28)25-14-21-26-22(27-31-21)18-10-12-24-13-11-18/h2-13H,14-15H2,1H3,(H,25,28). The third-order valence-corrected chi connectivity index (χ3v) is 6.46. The number of sulfone groups is 1. The molecule has 8 nitrogen and oxygen atoms in total. The van der Waals surface area contributed by atoms with Gasteiger partial charge in [0.25, 0.3) is 5.91 Å². The van der Waals surface area contributed by atoms with E-state index in [1.165, 1.54) is 0 Å². The Balaban J connectivity index is 1.36. The highest BCUT2D eigenvalue weighted by Crippen LogP contribution is 2.18. The second-order valence-electron chi connectivity index (χ2n) is 7.20. The van der Waals surface area contributed by atoms with Crippen LogP contribution in [0.5, 0.6) is 0 Å². The van der Waals surface area contributed by atoms with Gasteiger partial charge in [0.15, 0.2) is 9.84 Å². The molecule has 0 fully saturated rings. The molecule has 32 heavy (non-hydrogen) atoms. The molecule has 0 aliphatic rings. The molecule has 2 aromatic carbocycles. The molecule has 0 unspecified atom stereocenters. The Hall–Kier alpha value is -3.85. The van der Waals surface area contributed by atoms with Crippen LogP contribution < -0.4 is 5.32 Å². The molecule has 4 aromatic rings. The summed E-state index contributed by atoms with van der Waals surface area (Å²) < 4.78 is 30.3. The summed E-state index contributed by atoms with van der Waals surface area (Å²) in [4.78, 5) is 20.9. The van der Waals surface area contributed by atoms with Crippen molar-refractivity contribution in [3.63, 3.8) is 0 Å². The summed E-state index contributed by atoms with van der Waals surface area (Å²) in [6, 6.07) is 16.7. The monoisotopic (exact) mass is 448 g/mol. The number of pyridine rings is 1. The zero-order valence-corrected chi connectivity index (χ0v) is 18.0. The number of hydrogen-bond donors (Lipinski definition) is 1. The molecular weight excluding hydrogens is 428 g/mol. The first kappa shape index (κ1) is 21.4. The molecule has 0 atom stereocenters. The summed E-state index contributed by atoms with van der Waals surface area (Å²) in [5, 5.41) is 6.60. The zero-order valence-electron chi connectivity index (χ0n) is 17.2. The van der Waals surface area contributed by atoms with Crippen LogP contribution in [0.15, 0.2) is 82.5 Å². The van der Waals surface area contributed by atoms with Crippen molar-refractivity contribution in [3.05, 3.63) is 95.6 Å². The first-order valence-electron chi connectivity index (χ1n) is 9.80. The van der Waals surface area contributed by atoms with Crippen LogP contribution >= 0.6 is 0 Å². The number of hydrogen-bond acceptors (Lipinski definition) is 7. The predicted octanol–water partition coefficient (Wildman–Crippen LogP) is 3.34. The first-order chi connectivity index (χ1) is 15.4. The Morgan fingerprint density at radius 3 is 2.34 bits per heavy atom. The quantitative estimate of drug-likeness (QED) is 0.461. The van der Waals surface area contributed by atoms with E-state index in [0.717, 1.165) is 11.1 Å². The van der Waals surface area contributed by atoms with Gasteiger partial charge < -0.3 is 9.84 Å². The summed E-state index contributed by atoms with van der Waals surface area (Å²) in [5.74, 6) is 0.209. The fourth-order valence-electron chi connectivity index (χ4n) is 3.00. The van der Waals surface area contributed by atoms with Crippen molar-refractivity contribution in [3.8, 4) is 11.4 Å². The van der Waals surface area contributed by atoms with Crippen LogP contribution in [0.4, 0.5) is 0 Å². The number of carbonyl (C=O) groups is 1. The highest BCUT2D eigenvalue weighted by Gasteiger charge is 2.16. The molecule has 0 radical (unpaired) electrons. The number of amides is 1. The zero-order chi connectivity index (χ0) is 22.6. The highest BCUT2D eigenvalue weighted by atomic mass is 32.2. The van der Waals surface area contributed by atoms with Gasteiger partial charge in [0.1, 0.15) is 0 Å². The highest BCUT2D eigenvalue weighted by molar-refractivity contribution is 7.90. The van der Waals surface area contributed by atoms with Crippen molar-refractivity contribution in [1.29, 1.82) is 0 Å². The van der Waals surface area contributed by atoms with Crippen LogP contribution in [0, 0.1) is 6.92 Å². The summed E-state index contributed by atoms with van der Waals surface area (Å²) in [6.07, 6.45) is 3.26. The molecule has 0 spiro atoms. The molecule has 0 saturated carbocycles. The van der Waals surface area contributed by atoms with Gasteiger partial charge in [-0.15, -0.1) is 0 Å². The summed E-state index contributed by atoms with van der Waals surface area (Å²) >= 11 is 0. The molecule has 4 rings (SSSR count). The second-order valence-corrected chi connectivity index (χ2v) is 9.19. The molecule has 0 aliphatic carbocycles. The number of nitrogens with one attached hydrogen (secondary N) is 1. The number of carbonyl (C=O) groups excluding carboxylic acids is 1. The van der Waals surface area contributed by atoms with Gasteiger partial charge in [0.05, 0.1) is 17.2 Å². The number of benzene rings is 2. The van der Waals surface area contributed by atoms with E-state index in [-0.39, 0.29) is 29.0 Å². The average molecular weight is 449 g/mol. The topological polar surface area (TPSA) is 115 Å². The Morgan fingerprint density at radius 1 is 0.969 bits per heavy atom. The number of aromatic nitrogens is 3.